The van der Waals surface area contributed by atoms with E-state index in [1.54, 1.807) is 12.1 Å². The zero-order valence-electron chi connectivity index (χ0n) is 17.1. The van der Waals surface area contributed by atoms with Crippen molar-refractivity contribution in [1.82, 2.24) is 15.1 Å². The van der Waals surface area contributed by atoms with E-state index >= 15 is 0 Å². The maximum atomic E-state index is 13.4. The van der Waals surface area contributed by atoms with E-state index in [9.17, 15) is 9.59 Å². The fraction of sp³-hybridized carbons (Fsp3) is 0.192. The minimum atomic E-state index is -0.250. The predicted octanol–water partition coefficient (Wildman–Crippen LogP) is 4.25. The topological polar surface area (TPSA) is 64.0 Å². The molecular weight excluding hydrogens is 386 g/mol. The molecule has 0 fully saturated rings. The highest BCUT2D eigenvalue weighted by Gasteiger charge is 2.24. The summed E-state index contributed by atoms with van der Waals surface area (Å²) in [5.74, 6) is -0.250. The number of rotatable bonds is 4. The maximum absolute atomic E-state index is 13.4. The predicted molar refractivity (Wildman–Crippen MR) is 121 cm³/mol. The summed E-state index contributed by atoms with van der Waals surface area (Å²) in [6.45, 7) is 0.317. The molecule has 1 unspecified atom stereocenters. The molecule has 0 saturated carbocycles. The second kappa shape index (κ2) is 8.19. The van der Waals surface area contributed by atoms with Crippen molar-refractivity contribution in [3.05, 3.63) is 112 Å². The number of aryl methyl sites for hydroxylation is 1. The van der Waals surface area contributed by atoms with Gasteiger partial charge in [0.05, 0.1) is 18.0 Å². The Morgan fingerprint density at radius 3 is 2.48 bits per heavy atom. The van der Waals surface area contributed by atoms with Crippen LogP contribution in [0.2, 0.25) is 0 Å². The lowest BCUT2D eigenvalue weighted by Crippen LogP contribution is -2.34. The number of hydrogen-bond acceptors (Lipinski definition) is 3. The third-order valence-electron chi connectivity index (χ3n) is 5.93. The standard InChI is InChI=1S/C26H23N3O2/c30-25(27-23-16-8-12-19-11-4-5-13-20(19)23)24-21-14-6-7-15-22(21)26(31)29(28-24)17-18-9-2-1-3-10-18/h1-7,9-11,13-15,23H,8,12,16-17H2,(H,27,30). The summed E-state index contributed by atoms with van der Waals surface area (Å²) >= 11 is 0. The number of fused-ring (bicyclic) bond motifs is 2. The summed E-state index contributed by atoms with van der Waals surface area (Å²) < 4.78 is 1.39. The van der Waals surface area contributed by atoms with Gasteiger partial charge < -0.3 is 5.32 Å². The number of carbonyl (C=O) groups is 1. The average molecular weight is 409 g/mol. The Bertz CT molecular complexity index is 1310. The van der Waals surface area contributed by atoms with Gasteiger partial charge in [-0.05, 0) is 42.0 Å². The molecule has 4 aromatic rings. The molecule has 1 heterocycles. The first-order valence-corrected chi connectivity index (χ1v) is 10.6. The summed E-state index contributed by atoms with van der Waals surface area (Å²) in [6, 6.07) is 25.1. The minimum Gasteiger partial charge on any atom is -0.344 e. The average Bonchev–Trinajstić information content (AvgIpc) is 2.82. The Labute approximate surface area is 180 Å². The number of aromatic nitrogens is 2. The van der Waals surface area contributed by atoms with Crippen LogP contribution in [0.25, 0.3) is 10.8 Å². The highest BCUT2D eigenvalue weighted by atomic mass is 16.2. The fourth-order valence-corrected chi connectivity index (χ4v) is 4.40. The maximum Gasteiger partial charge on any atom is 0.274 e. The second-order valence-electron chi connectivity index (χ2n) is 7.96. The van der Waals surface area contributed by atoms with Crippen LogP contribution in [-0.4, -0.2) is 15.7 Å². The first kappa shape index (κ1) is 19.2. The number of carbonyl (C=O) groups excluding carboxylic acids is 1. The zero-order valence-corrected chi connectivity index (χ0v) is 17.1. The Kier molecular flexibility index (Phi) is 5.08. The van der Waals surface area contributed by atoms with Gasteiger partial charge >= 0.3 is 0 Å². The summed E-state index contributed by atoms with van der Waals surface area (Å²) in [7, 11) is 0. The summed E-state index contributed by atoms with van der Waals surface area (Å²) in [6.07, 6.45) is 2.96. The largest absolute Gasteiger partial charge is 0.344 e. The van der Waals surface area contributed by atoms with E-state index in [2.05, 4.69) is 22.5 Å². The number of nitrogens with one attached hydrogen (secondary N) is 1. The molecule has 1 aliphatic carbocycles. The van der Waals surface area contributed by atoms with Crippen molar-refractivity contribution >= 4 is 16.7 Å². The molecular formula is C26H23N3O2. The summed E-state index contributed by atoms with van der Waals surface area (Å²) in [5, 5.41) is 8.77. The van der Waals surface area contributed by atoms with E-state index in [4.69, 9.17) is 0 Å². The molecule has 31 heavy (non-hydrogen) atoms. The van der Waals surface area contributed by atoms with Crippen molar-refractivity contribution in [3.8, 4) is 0 Å². The van der Waals surface area contributed by atoms with E-state index in [0.29, 0.717) is 17.3 Å². The van der Waals surface area contributed by atoms with Gasteiger partial charge in [-0.25, -0.2) is 4.68 Å². The molecule has 154 valence electrons. The molecule has 1 amide bonds. The van der Waals surface area contributed by atoms with Crippen LogP contribution in [0.1, 0.15) is 46.1 Å². The SMILES string of the molecule is O=C(NC1CCCc2ccccc21)c1nn(Cc2ccccc2)c(=O)c2ccccc12. The van der Waals surface area contributed by atoms with E-state index in [0.717, 1.165) is 24.8 Å². The van der Waals surface area contributed by atoms with Crippen molar-refractivity contribution in [3.63, 3.8) is 0 Å². The van der Waals surface area contributed by atoms with Crippen LogP contribution < -0.4 is 10.9 Å². The molecule has 5 nitrogen and oxygen atoms in total. The molecule has 0 spiro atoms. The highest BCUT2D eigenvalue weighted by Crippen LogP contribution is 2.29. The van der Waals surface area contributed by atoms with Crippen LogP contribution >= 0.6 is 0 Å². The van der Waals surface area contributed by atoms with E-state index in [1.165, 1.54) is 15.8 Å². The van der Waals surface area contributed by atoms with Crippen LogP contribution in [0.5, 0.6) is 0 Å². The number of hydrogen-bond donors (Lipinski definition) is 1. The van der Waals surface area contributed by atoms with Crippen molar-refractivity contribution in [2.45, 2.75) is 31.8 Å². The van der Waals surface area contributed by atoms with Crippen LogP contribution in [0.3, 0.4) is 0 Å². The van der Waals surface area contributed by atoms with Crippen LogP contribution in [0.15, 0.2) is 83.7 Å². The second-order valence-corrected chi connectivity index (χ2v) is 7.96. The van der Waals surface area contributed by atoms with Gasteiger partial charge in [0, 0.05) is 5.39 Å². The van der Waals surface area contributed by atoms with E-state index in [-0.39, 0.29) is 23.2 Å². The third-order valence-corrected chi connectivity index (χ3v) is 5.93. The van der Waals surface area contributed by atoms with Gasteiger partial charge in [-0.3, -0.25) is 9.59 Å². The van der Waals surface area contributed by atoms with Gasteiger partial charge in [-0.2, -0.15) is 5.10 Å². The fourth-order valence-electron chi connectivity index (χ4n) is 4.40. The molecule has 0 radical (unpaired) electrons. The van der Waals surface area contributed by atoms with Crippen molar-refractivity contribution in [1.29, 1.82) is 0 Å². The van der Waals surface area contributed by atoms with Crippen molar-refractivity contribution in [2.24, 2.45) is 0 Å². The smallest absolute Gasteiger partial charge is 0.274 e. The molecule has 5 heteroatoms. The third kappa shape index (κ3) is 3.75. The zero-order chi connectivity index (χ0) is 21.2. The number of nitrogens with zero attached hydrogens (tertiary/aromatic N) is 2. The Hall–Kier alpha value is -3.73. The molecule has 0 aliphatic heterocycles. The minimum absolute atomic E-state index is 0.0486. The van der Waals surface area contributed by atoms with E-state index < -0.39 is 0 Å². The molecule has 1 N–H and O–H groups in total. The number of benzene rings is 3. The quantitative estimate of drug-likeness (QED) is 0.548. The van der Waals surface area contributed by atoms with Crippen LogP contribution in [0, 0.1) is 0 Å². The van der Waals surface area contributed by atoms with Crippen molar-refractivity contribution < 1.29 is 4.79 Å². The van der Waals surface area contributed by atoms with Gasteiger partial charge in [0.2, 0.25) is 0 Å². The molecule has 5 rings (SSSR count). The lowest BCUT2D eigenvalue weighted by atomic mass is 9.87. The first-order valence-electron chi connectivity index (χ1n) is 10.6. The Morgan fingerprint density at radius 2 is 1.65 bits per heavy atom. The Balaban J connectivity index is 1.54. The lowest BCUT2D eigenvalue weighted by Gasteiger charge is -2.26. The molecule has 1 atom stereocenters. The van der Waals surface area contributed by atoms with Crippen LogP contribution in [0.4, 0.5) is 0 Å². The normalized spacial score (nSPS) is 15.4. The summed E-state index contributed by atoms with van der Waals surface area (Å²) in [4.78, 5) is 26.4. The van der Waals surface area contributed by atoms with E-state index in [1.807, 2.05) is 54.6 Å². The molecule has 0 saturated heterocycles. The van der Waals surface area contributed by atoms with Gasteiger partial charge in [0.1, 0.15) is 0 Å². The molecule has 1 aliphatic rings. The first-order chi connectivity index (χ1) is 15.2. The Morgan fingerprint density at radius 1 is 0.935 bits per heavy atom. The monoisotopic (exact) mass is 409 g/mol. The van der Waals surface area contributed by atoms with Gasteiger partial charge in [0.25, 0.3) is 11.5 Å². The van der Waals surface area contributed by atoms with Gasteiger partial charge in [-0.1, -0.05) is 72.8 Å². The lowest BCUT2D eigenvalue weighted by molar-refractivity contribution is 0.0927. The van der Waals surface area contributed by atoms with Crippen molar-refractivity contribution in [2.75, 3.05) is 0 Å². The number of amides is 1. The van der Waals surface area contributed by atoms with Gasteiger partial charge in [0.15, 0.2) is 5.69 Å². The van der Waals surface area contributed by atoms with Crippen LogP contribution in [-0.2, 0) is 13.0 Å². The molecule has 3 aromatic carbocycles. The molecule has 0 bridgehead atoms. The van der Waals surface area contributed by atoms with Gasteiger partial charge in [-0.15, -0.1) is 0 Å². The highest BCUT2D eigenvalue weighted by molar-refractivity contribution is 6.04. The summed E-state index contributed by atoms with van der Waals surface area (Å²) in [5.41, 5.74) is 3.50. The molecule has 1 aromatic heterocycles.